The fourth-order valence-electron chi connectivity index (χ4n) is 3.43. The Morgan fingerprint density at radius 1 is 1.04 bits per heavy atom. The van der Waals surface area contributed by atoms with Gasteiger partial charge in [-0.05, 0) is 50.1 Å². The van der Waals surface area contributed by atoms with E-state index in [0.717, 1.165) is 22.4 Å². The molecule has 1 heterocycles. The lowest BCUT2D eigenvalue weighted by Crippen LogP contribution is -2.28. The minimum absolute atomic E-state index is 0.110. The molecule has 4 nitrogen and oxygen atoms in total. The van der Waals surface area contributed by atoms with E-state index < -0.39 is 5.92 Å². The van der Waals surface area contributed by atoms with Crippen LogP contribution in [-0.4, -0.2) is 18.4 Å². The first-order chi connectivity index (χ1) is 12.2. The third-order valence-corrected chi connectivity index (χ3v) is 5.02. The number of halogens is 2. The Kier molecular flexibility index (Phi) is 5.26. The molecule has 1 unspecified atom stereocenters. The molecule has 26 heavy (non-hydrogen) atoms. The molecule has 2 aromatic rings. The zero-order chi connectivity index (χ0) is 19.0. The number of benzene rings is 2. The summed E-state index contributed by atoms with van der Waals surface area (Å²) in [5.41, 5.74) is 4.61. The topological polar surface area (TPSA) is 49.4 Å². The predicted octanol–water partition coefficient (Wildman–Crippen LogP) is 4.91. The van der Waals surface area contributed by atoms with Gasteiger partial charge in [0.2, 0.25) is 11.8 Å². The molecule has 6 heteroatoms. The number of hydrogen-bond acceptors (Lipinski definition) is 2. The zero-order valence-electron chi connectivity index (χ0n) is 14.9. The Labute approximate surface area is 163 Å². The van der Waals surface area contributed by atoms with E-state index in [-0.39, 0.29) is 18.2 Å². The molecule has 1 saturated heterocycles. The zero-order valence-corrected chi connectivity index (χ0v) is 16.4. The van der Waals surface area contributed by atoms with Crippen molar-refractivity contribution in [1.29, 1.82) is 0 Å². The van der Waals surface area contributed by atoms with Gasteiger partial charge in [-0.3, -0.25) is 9.59 Å². The normalized spacial score (nSPS) is 16.9. The summed E-state index contributed by atoms with van der Waals surface area (Å²) in [5, 5.41) is 3.91. The fraction of sp³-hybridized carbons (Fsp3) is 0.300. The molecule has 0 aliphatic carbocycles. The van der Waals surface area contributed by atoms with E-state index in [1.807, 2.05) is 32.9 Å². The quantitative estimate of drug-likeness (QED) is 0.808. The number of aryl methyl sites for hydroxylation is 3. The molecule has 0 bridgehead atoms. The number of hydrogen-bond donors (Lipinski definition) is 1. The molecular formula is C20H20Cl2N2O2. The van der Waals surface area contributed by atoms with Crippen LogP contribution in [0.5, 0.6) is 0 Å². The molecule has 1 fully saturated rings. The third kappa shape index (κ3) is 3.87. The second-order valence-electron chi connectivity index (χ2n) is 6.80. The Bertz CT molecular complexity index is 852. The van der Waals surface area contributed by atoms with Crippen LogP contribution in [0.4, 0.5) is 11.4 Å². The van der Waals surface area contributed by atoms with Gasteiger partial charge in [-0.1, -0.05) is 40.9 Å². The second-order valence-corrected chi connectivity index (χ2v) is 7.67. The number of amides is 2. The van der Waals surface area contributed by atoms with Gasteiger partial charge >= 0.3 is 0 Å². The van der Waals surface area contributed by atoms with Gasteiger partial charge in [0.25, 0.3) is 0 Å². The van der Waals surface area contributed by atoms with Crippen LogP contribution in [0.2, 0.25) is 10.0 Å². The molecule has 0 saturated carbocycles. The van der Waals surface area contributed by atoms with Crippen LogP contribution in [-0.2, 0) is 9.59 Å². The van der Waals surface area contributed by atoms with E-state index in [1.54, 1.807) is 23.1 Å². The minimum atomic E-state index is -0.416. The molecule has 2 aromatic carbocycles. The van der Waals surface area contributed by atoms with Crippen molar-refractivity contribution < 1.29 is 9.59 Å². The standard InChI is InChI=1S/C20H20Cl2N2O2/c1-11-4-12(2)19(13(3)5-11)23-20(26)14-6-18(25)24(10-14)17-8-15(21)7-16(22)9-17/h4-5,7-9,14H,6,10H2,1-3H3,(H,23,26). The lowest BCUT2D eigenvalue weighted by molar-refractivity contribution is -0.122. The van der Waals surface area contributed by atoms with Crippen molar-refractivity contribution in [1.82, 2.24) is 0 Å². The molecule has 1 aliphatic rings. The highest BCUT2D eigenvalue weighted by atomic mass is 35.5. The van der Waals surface area contributed by atoms with Crippen LogP contribution >= 0.6 is 23.2 Å². The average Bonchev–Trinajstić information content (AvgIpc) is 2.91. The number of carbonyl (C=O) groups is 2. The fourth-order valence-corrected chi connectivity index (χ4v) is 3.94. The van der Waals surface area contributed by atoms with Crippen molar-refractivity contribution >= 4 is 46.4 Å². The lowest BCUT2D eigenvalue weighted by atomic mass is 10.0. The minimum Gasteiger partial charge on any atom is -0.325 e. The predicted molar refractivity (Wildman–Crippen MR) is 106 cm³/mol. The highest BCUT2D eigenvalue weighted by molar-refractivity contribution is 6.35. The van der Waals surface area contributed by atoms with Crippen LogP contribution in [0.15, 0.2) is 30.3 Å². The van der Waals surface area contributed by atoms with Crippen molar-refractivity contribution in [2.75, 3.05) is 16.8 Å². The highest BCUT2D eigenvalue weighted by Crippen LogP contribution is 2.31. The molecular weight excluding hydrogens is 371 g/mol. The molecule has 0 spiro atoms. The van der Waals surface area contributed by atoms with Gasteiger partial charge in [-0.25, -0.2) is 0 Å². The third-order valence-electron chi connectivity index (χ3n) is 4.58. The van der Waals surface area contributed by atoms with Gasteiger partial charge in [-0.15, -0.1) is 0 Å². The smallest absolute Gasteiger partial charge is 0.229 e. The first kappa shape index (κ1) is 18.7. The molecule has 0 radical (unpaired) electrons. The summed E-state index contributed by atoms with van der Waals surface area (Å²) < 4.78 is 0. The van der Waals surface area contributed by atoms with Crippen LogP contribution < -0.4 is 10.2 Å². The molecule has 1 aliphatic heterocycles. The first-order valence-electron chi connectivity index (χ1n) is 8.40. The Morgan fingerprint density at radius 3 is 2.19 bits per heavy atom. The van der Waals surface area contributed by atoms with E-state index in [1.165, 1.54) is 0 Å². The summed E-state index contributed by atoms with van der Waals surface area (Å²) in [5.74, 6) is -0.676. The number of rotatable bonds is 3. The van der Waals surface area contributed by atoms with Crippen molar-refractivity contribution in [3.63, 3.8) is 0 Å². The van der Waals surface area contributed by atoms with Gasteiger partial charge in [-0.2, -0.15) is 0 Å². The summed E-state index contributed by atoms with van der Waals surface area (Å²) in [6, 6.07) is 9.03. The Morgan fingerprint density at radius 2 is 1.62 bits per heavy atom. The maximum Gasteiger partial charge on any atom is 0.229 e. The van der Waals surface area contributed by atoms with Crippen molar-refractivity contribution in [3.8, 4) is 0 Å². The van der Waals surface area contributed by atoms with Crippen molar-refractivity contribution in [2.24, 2.45) is 5.92 Å². The summed E-state index contributed by atoms with van der Waals surface area (Å²) >= 11 is 12.1. The molecule has 136 valence electrons. The van der Waals surface area contributed by atoms with E-state index in [9.17, 15) is 9.59 Å². The molecule has 0 aromatic heterocycles. The van der Waals surface area contributed by atoms with Crippen molar-refractivity contribution in [2.45, 2.75) is 27.2 Å². The Balaban J connectivity index is 1.77. The van der Waals surface area contributed by atoms with Crippen molar-refractivity contribution in [3.05, 3.63) is 57.1 Å². The highest BCUT2D eigenvalue weighted by Gasteiger charge is 2.35. The number of carbonyl (C=O) groups excluding carboxylic acids is 2. The Hall–Kier alpha value is -2.04. The lowest BCUT2D eigenvalue weighted by Gasteiger charge is -2.18. The molecule has 1 N–H and O–H groups in total. The van der Waals surface area contributed by atoms with Crippen LogP contribution in [0, 0.1) is 26.7 Å². The number of nitrogens with zero attached hydrogens (tertiary/aromatic N) is 1. The SMILES string of the molecule is Cc1cc(C)c(NC(=O)C2CC(=O)N(c3cc(Cl)cc(Cl)c3)C2)c(C)c1. The van der Waals surface area contributed by atoms with Gasteiger partial charge in [0.15, 0.2) is 0 Å². The summed E-state index contributed by atoms with van der Waals surface area (Å²) in [6.45, 7) is 6.27. The average molecular weight is 391 g/mol. The summed E-state index contributed by atoms with van der Waals surface area (Å²) in [7, 11) is 0. The number of nitrogens with one attached hydrogen (secondary N) is 1. The maximum atomic E-state index is 12.7. The monoisotopic (exact) mass is 390 g/mol. The van der Waals surface area contributed by atoms with Crippen LogP contribution in [0.3, 0.4) is 0 Å². The largest absolute Gasteiger partial charge is 0.325 e. The molecule has 3 rings (SSSR count). The van der Waals surface area contributed by atoms with E-state index in [2.05, 4.69) is 5.32 Å². The number of anilines is 2. The van der Waals surface area contributed by atoms with Gasteiger partial charge in [0, 0.05) is 34.4 Å². The van der Waals surface area contributed by atoms with E-state index >= 15 is 0 Å². The van der Waals surface area contributed by atoms with Gasteiger partial charge in [0.1, 0.15) is 0 Å². The van der Waals surface area contributed by atoms with Crippen LogP contribution in [0.25, 0.3) is 0 Å². The molecule has 2 amide bonds. The van der Waals surface area contributed by atoms with Gasteiger partial charge < -0.3 is 10.2 Å². The van der Waals surface area contributed by atoms with E-state index in [4.69, 9.17) is 23.2 Å². The first-order valence-corrected chi connectivity index (χ1v) is 9.15. The molecule has 1 atom stereocenters. The van der Waals surface area contributed by atoms with E-state index in [0.29, 0.717) is 22.3 Å². The summed E-state index contributed by atoms with van der Waals surface area (Å²) in [4.78, 5) is 26.7. The second kappa shape index (κ2) is 7.29. The van der Waals surface area contributed by atoms with Crippen LogP contribution in [0.1, 0.15) is 23.1 Å². The van der Waals surface area contributed by atoms with Gasteiger partial charge in [0.05, 0.1) is 5.92 Å². The maximum absolute atomic E-state index is 12.7. The summed E-state index contributed by atoms with van der Waals surface area (Å²) in [6.07, 6.45) is 0.167.